The highest BCUT2D eigenvalue weighted by atomic mass is 35.5. The van der Waals surface area contributed by atoms with Crippen molar-refractivity contribution in [1.82, 2.24) is 0 Å². The van der Waals surface area contributed by atoms with Gasteiger partial charge in [0.15, 0.2) is 0 Å². The number of halogens is 1. The van der Waals surface area contributed by atoms with E-state index in [4.69, 9.17) is 21.1 Å². The van der Waals surface area contributed by atoms with Crippen LogP contribution in [0.1, 0.15) is 24.5 Å². The van der Waals surface area contributed by atoms with E-state index in [2.05, 4.69) is 0 Å². The van der Waals surface area contributed by atoms with Crippen LogP contribution in [0.5, 0.6) is 5.75 Å². The van der Waals surface area contributed by atoms with Crippen LogP contribution >= 0.6 is 11.6 Å². The van der Waals surface area contributed by atoms with Gasteiger partial charge in [0.2, 0.25) is 0 Å². The fourth-order valence-electron chi connectivity index (χ4n) is 1.72. The Morgan fingerprint density at radius 2 is 2.36 bits per heavy atom. The zero-order valence-corrected chi connectivity index (χ0v) is 8.88. The Kier molecular flexibility index (Phi) is 2.94. The second-order valence-corrected chi connectivity index (χ2v) is 3.80. The molecule has 2 nitrogen and oxygen atoms in total. The third kappa shape index (κ3) is 1.86. The lowest BCUT2D eigenvalue weighted by Crippen LogP contribution is -1.96. The molecule has 0 amide bonds. The molecule has 76 valence electrons. The zero-order valence-electron chi connectivity index (χ0n) is 8.13. The molecule has 1 fully saturated rings. The van der Waals surface area contributed by atoms with Crippen molar-refractivity contribution in [3.63, 3.8) is 0 Å². The molecule has 0 radical (unpaired) electrons. The van der Waals surface area contributed by atoms with Crippen LogP contribution in [0.3, 0.4) is 0 Å². The molecule has 3 heteroatoms. The molecule has 1 aromatic carbocycles. The van der Waals surface area contributed by atoms with Crippen molar-refractivity contribution in [1.29, 1.82) is 0 Å². The first-order valence-electron chi connectivity index (χ1n) is 4.76. The maximum atomic E-state index is 6.03. The minimum atomic E-state index is 0.221. The predicted octanol–water partition coefficient (Wildman–Crippen LogP) is 3.20. The van der Waals surface area contributed by atoms with Crippen LogP contribution in [0.4, 0.5) is 0 Å². The fraction of sp³-hybridized carbons (Fsp3) is 0.455. The van der Waals surface area contributed by atoms with E-state index in [0.29, 0.717) is 10.8 Å². The summed E-state index contributed by atoms with van der Waals surface area (Å²) >= 11 is 6.03. The number of hydrogen-bond acceptors (Lipinski definition) is 2. The second kappa shape index (κ2) is 4.20. The van der Waals surface area contributed by atoms with Gasteiger partial charge in [-0.1, -0.05) is 17.7 Å². The highest BCUT2D eigenvalue weighted by Crippen LogP contribution is 2.33. The molecule has 1 aliphatic heterocycles. The number of benzene rings is 1. The van der Waals surface area contributed by atoms with E-state index in [-0.39, 0.29) is 6.10 Å². The van der Waals surface area contributed by atoms with Crippen molar-refractivity contribution in [3.8, 4) is 5.75 Å². The van der Waals surface area contributed by atoms with Gasteiger partial charge in [-0.15, -0.1) is 0 Å². The maximum absolute atomic E-state index is 6.03. The first-order valence-corrected chi connectivity index (χ1v) is 5.14. The maximum Gasteiger partial charge on any atom is 0.137 e. The van der Waals surface area contributed by atoms with E-state index < -0.39 is 0 Å². The van der Waals surface area contributed by atoms with Crippen LogP contribution in [0.25, 0.3) is 0 Å². The third-order valence-electron chi connectivity index (χ3n) is 2.48. The summed E-state index contributed by atoms with van der Waals surface area (Å²) in [7, 11) is 1.62. The summed E-state index contributed by atoms with van der Waals surface area (Å²) in [5.41, 5.74) is 1.15. The lowest BCUT2D eigenvalue weighted by molar-refractivity contribution is 0.112. The van der Waals surface area contributed by atoms with Crippen LogP contribution in [-0.4, -0.2) is 13.7 Å². The van der Waals surface area contributed by atoms with Gasteiger partial charge in [0, 0.05) is 6.61 Å². The topological polar surface area (TPSA) is 18.5 Å². The lowest BCUT2D eigenvalue weighted by Gasteiger charge is -2.11. The Morgan fingerprint density at radius 1 is 1.50 bits per heavy atom. The van der Waals surface area contributed by atoms with E-state index in [9.17, 15) is 0 Å². The van der Waals surface area contributed by atoms with Gasteiger partial charge in [-0.2, -0.15) is 0 Å². The van der Waals surface area contributed by atoms with Gasteiger partial charge in [-0.3, -0.25) is 0 Å². The highest BCUT2D eigenvalue weighted by Gasteiger charge is 2.18. The molecule has 0 bridgehead atoms. The standard InChI is InChI=1S/C11H13ClO2/c1-13-11-5-4-8(7-9(11)12)10-3-2-6-14-10/h4-5,7,10H,2-3,6H2,1H3. The molecule has 1 aromatic rings. The van der Waals surface area contributed by atoms with E-state index in [1.807, 2.05) is 18.2 Å². The number of ether oxygens (including phenoxy) is 2. The Balaban J connectivity index is 2.23. The number of rotatable bonds is 2. The van der Waals surface area contributed by atoms with Crippen molar-refractivity contribution in [2.75, 3.05) is 13.7 Å². The molecule has 2 rings (SSSR count). The van der Waals surface area contributed by atoms with Crippen LogP contribution in [0.15, 0.2) is 18.2 Å². The average molecular weight is 213 g/mol. The van der Waals surface area contributed by atoms with Crippen LogP contribution in [-0.2, 0) is 4.74 Å². The Labute approximate surface area is 88.8 Å². The molecule has 0 aromatic heterocycles. The normalized spacial score (nSPS) is 21.1. The largest absolute Gasteiger partial charge is 0.495 e. The summed E-state index contributed by atoms with van der Waals surface area (Å²) < 4.78 is 10.7. The van der Waals surface area contributed by atoms with Crippen molar-refractivity contribution in [3.05, 3.63) is 28.8 Å². The van der Waals surface area contributed by atoms with Gasteiger partial charge in [0.1, 0.15) is 5.75 Å². The molecular weight excluding hydrogens is 200 g/mol. The van der Waals surface area contributed by atoms with Gasteiger partial charge < -0.3 is 9.47 Å². The van der Waals surface area contributed by atoms with Crippen molar-refractivity contribution < 1.29 is 9.47 Å². The first-order chi connectivity index (χ1) is 6.81. The molecule has 1 heterocycles. The van der Waals surface area contributed by atoms with E-state index >= 15 is 0 Å². The summed E-state index contributed by atoms with van der Waals surface area (Å²) in [5.74, 6) is 0.716. The van der Waals surface area contributed by atoms with Gasteiger partial charge in [-0.25, -0.2) is 0 Å². The fourth-order valence-corrected chi connectivity index (χ4v) is 1.99. The Hall–Kier alpha value is -0.730. The van der Waals surface area contributed by atoms with Gasteiger partial charge in [0.05, 0.1) is 18.2 Å². The minimum absolute atomic E-state index is 0.221. The highest BCUT2D eigenvalue weighted by molar-refractivity contribution is 6.32. The van der Waals surface area contributed by atoms with Gasteiger partial charge in [0.25, 0.3) is 0 Å². The van der Waals surface area contributed by atoms with Crippen LogP contribution in [0.2, 0.25) is 5.02 Å². The molecule has 0 aliphatic carbocycles. The molecule has 1 atom stereocenters. The molecular formula is C11H13ClO2. The molecule has 14 heavy (non-hydrogen) atoms. The molecule has 0 spiro atoms. The Bertz CT molecular complexity index is 319. The summed E-state index contributed by atoms with van der Waals surface area (Å²) in [5, 5.41) is 0.653. The predicted molar refractivity (Wildman–Crippen MR) is 55.9 cm³/mol. The minimum Gasteiger partial charge on any atom is -0.495 e. The average Bonchev–Trinajstić information content (AvgIpc) is 2.70. The molecule has 1 saturated heterocycles. The molecule has 0 N–H and O–H groups in total. The SMILES string of the molecule is COc1ccc(C2CCCO2)cc1Cl. The molecule has 1 aliphatic rings. The summed E-state index contributed by atoms with van der Waals surface area (Å²) in [6, 6.07) is 5.83. The second-order valence-electron chi connectivity index (χ2n) is 3.40. The lowest BCUT2D eigenvalue weighted by atomic mass is 10.1. The smallest absolute Gasteiger partial charge is 0.137 e. The summed E-state index contributed by atoms with van der Waals surface area (Å²) in [6.07, 6.45) is 2.44. The van der Waals surface area contributed by atoms with Crippen molar-refractivity contribution in [2.24, 2.45) is 0 Å². The first kappa shape index (κ1) is 9.81. The van der Waals surface area contributed by atoms with Crippen LogP contribution in [0, 0.1) is 0 Å². The van der Waals surface area contributed by atoms with Gasteiger partial charge in [-0.05, 0) is 30.5 Å². The van der Waals surface area contributed by atoms with Crippen molar-refractivity contribution in [2.45, 2.75) is 18.9 Å². The zero-order chi connectivity index (χ0) is 9.97. The quantitative estimate of drug-likeness (QED) is 0.750. The monoisotopic (exact) mass is 212 g/mol. The summed E-state index contributed by atoms with van der Waals surface area (Å²) in [6.45, 7) is 0.855. The van der Waals surface area contributed by atoms with Gasteiger partial charge >= 0.3 is 0 Å². The van der Waals surface area contributed by atoms with E-state index in [1.54, 1.807) is 7.11 Å². The molecule has 0 saturated carbocycles. The van der Waals surface area contributed by atoms with Crippen LogP contribution < -0.4 is 4.74 Å². The van der Waals surface area contributed by atoms with Crippen molar-refractivity contribution >= 4 is 11.6 Å². The number of methoxy groups -OCH3 is 1. The van der Waals surface area contributed by atoms with E-state index in [1.165, 1.54) is 0 Å². The van der Waals surface area contributed by atoms with E-state index in [0.717, 1.165) is 25.0 Å². The molecule has 1 unspecified atom stereocenters. The Morgan fingerprint density at radius 3 is 2.93 bits per heavy atom. The third-order valence-corrected chi connectivity index (χ3v) is 2.77. The summed E-state index contributed by atoms with van der Waals surface area (Å²) in [4.78, 5) is 0. The number of hydrogen-bond donors (Lipinski definition) is 0.